The highest BCUT2D eigenvalue weighted by Gasteiger charge is 2.09. The van der Waals surface area contributed by atoms with Gasteiger partial charge in [-0.25, -0.2) is 0 Å². The van der Waals surface area contributed by atoms with Crippen LogP contribution in [0.4, 0.5) is 0 Å². The first-order chi connectivity index (χ1) is 7.67. The number of benzene rings is 1. The largest absolute Gasteiger partial charge is 0.497 e. The number of methoxy groups -OCH3 is 1. The summed E-state index contributed by atoms with van der Waals surface area (Å²) in [6.45, 7) is 2.48. The van der Waals surface area contributed by atoms with E-state index in [2.05, 4.69) is 10.6 Å². The Kier molecular flexibility index (Phi) is 4.79. The van der Waals surface area contributed by atoms with Gasteiger partial charge in [-0.2, -0.15) is 0 Å². The molecule has 0 unspecified atom stereocenters. The number of likely N-dealkylation sites (N-methyl/N-ethyl adjacent to an activating group) is 1. The van der Waals surface area contributed by atoms with Crippen molar-refractivity contribution in [1.29, 1.82) is 0 Å². The lowest BCUT2D eigenvalue weighted by Gasteiger charge is -2.12. The summed E-state index contributed by atoms with van der Waals surface area (Å²) in [6.07, 6.45) is 0. The quantitative estimate of drug-likeness (QED) is 0.779. The number of carbonyl (C=O) groups is 1. The Morgan fingerprint density at radius 2 is 2.25 bits per heavy atom. The van der Waals surface area contributed by atoms with Crippen LogP contribution in [0.1, 0.15) is 12.5 Å². The van der Waals surface area contributed by atoms with Gasteiger partial charge in [0.15, 0.2) is 0 Å². The molecule has 4 heteroatoms. The lowest BCUT2D eigenvalue weighted by molar-refractivity contribution is -0.122. The second-order valence-corrected chi connectivity index (χ2v) is 3.57. The summed E-state index contributed by atoms with van der Waals surface area (Å²) < 4.78 is 5.12. The van der Waals surface area contributed by atoms with E-state index in [9.17, 15) is 4.79 Å². The average molecular weight is 222 g/mol. The molecule has 0 saturated heterocycles. The van der Waals surface area contributed by atoms with Crippen molar-refractivity contribution in [3.05, 3.63) is 29.8 Å². The summed E-state index contributed by atoms with van der Waals surface area (Å²) >= 11 is 0. The van der Waals surface area contributed by atoms with E-state index >= 15 is 0 Å². The van der Waals surface area contributed by atoms with Crippen molar-refractivity contribution in [3.63, 3.8) is 0 Å². The summed E-state index contributed by atoms with van der Waals surface area (Å²) in [5, 5.41) is 5.73. The molecule has 0 aliphatic carbocycles. The van der Waals surface area contributed by atoms with Crippen LogP contribution in [0.3, 0.4) is 0 Å². The Morgan fingerprint density at radius 3 is 2.88 bits per heavy atom. The fraction of sp³-hybridized carbons (Fsp3) is 0.417. The molecule has 0 aliphatic heterocycles. The van der Waals surface area contributed by atoms with E-state index in [1.54, 1.807) is 14.2 Å². The summed E-state index contributed by atoms with van der Waals surface area (Å²) in [4.78, 5) is 11.3. The van der Waals surface area contributed by atoms with Crippen molar-refractivity contribution in [2.45, 2.75) is 19.5 Å². The normalized spacial score (nSPS) is 11.9. The van der Waals surface area contributed by atoms with Crippen LogP contribution in [0.25, 0.3) is 0 Å². The number of carbonyl (C=O) groups excluding carboxylic acids is 1. The van der Waals surface area contributed by atoms with Gasteiger partial charge in [-0.15, -0.1) is 0 Å². The van der Waals surface area contributed by atoms with Crippen LogP contribution < -0.4 is 15.4 Å². The van der Waals surface area contributed by atoms with Gasteiger partial charge in [0.05, 0.1) is 13.2 Å². The zero-order valence-electron chi connectivity index (χ0n) is 9.91. The van der Waals surface area contributed by atoms with Crippen LogP contribution in [-0.2, 0) is 11.3 Å². The van der Waals surface area contributed by atoms with Gasteiger partial charge >= 0.3 is 0 Å². The van der Waals surface area contributed by atoms with E-state index in [1.807, 2.05) is 31.2 Å². The molecule has 1 rings (SSSR count). The Bertz CT molecular complexity index is 353. The highest BCUT2D eigenvalue weighted by Crippen LogP contribution is 2.12. The van der Waals surface area contributed by atoms with Crippen LogP contribution >= 0.6 is 0 Å². The minimum absolute atomic E-state index is 0.0112. The SMILES string of the molecule is CNC(=O)[C@@H](C)NCc1cccc(OC)c1. The fourth-order valence-corrected chi connectivity index (χ4v) is 1.36. The molecule has 2 N–H and O–H groups in total. The monoisotopic (exact) mass is 222 g/mol. The van der Waals surface area contributed by atoms with Crippen molar-refractivity contribution >= 4 is 5.91 Å². The standard InChI is InChI=1S/C12H18N2O2/c1-9(12(15)13-2)14-8-10-5-4-6-11(7-10)16-3/h4-7,9,14H,8H2,1-3H3,(H,13,15)/t9-/m1/s1. The van der Waals surface area contributed by atoms with Crippen LogP contribution in [0.15, 0.2) is 24.3 Å². The topological polar surface area (TPSA) is 50.4 Å². The summed E-state index contributed by atoms with van der Waals surface area (Å²) in [5.74, 6) is 0.815. The summed E-state index contributed by atoms with van der Waals surface area (Å²) in [5.41, 5.74) is 1.09. The molecule has 1 atom stereocenters. The molecular weight excluding hydrogens is 204 g/mol. The maximum Gasteiger partial charge on any atom is 0.236 e. The van der Waals surface area contributed by atoms with Gasteiger partial charge in [0.25, 0.3) is 0 Å². The van der Waals surface area contributed by atoms with Gasteiger partial charge < -0.3 is 15.4 Å². The van der Waals surface area contributed by atoms with Crippen molar-refractivity contribution in [2.24, 2.45) is 0 Å². The molecule has 1 aromatic carbocycles. The van der Waals surface area contributed by atoms with Gasteiger partial charge in [-0.1, -0.05) is 12.1 Å². The molecule has 88 valence electrons. The van der Waals surface area contributed by atoms with Gasteiger partial charge in [0.1, 0.15) is 5.75 Å². The van der Waals surface area contributed by atoms with Crippen LogP contribution in [0.5, 0.6) is 5.75 Å². The lowest BCUT2D eigenvalue weighted by atomic mass is 10.2. The second kappa shape index (κ2) is 6.12. The summed E-state index contributed by atoms with van der Waals surface area (Å²) in [6, 6.07) is 7.57. The highest BCUT2D eigenvalue weighted by atomic mass is 16.5. The van der Waals surface area contributed by atoms with E-state index in [1.165, 1.54) is 0 Å². The third-order valence-corrected chi connectivity index (χ3v) is 2.39. The molecule has 0 aromatic heterocycles. The number of ether oxygens (including phenoxy) is 1. The van der Waals surface area contributed by atoms with E-state index < -0.39 is 0 Å². The molecule has 4 nitrogen and oxygen atoms in total. The Balaban J connectivity index is 2.51. The number of nitrogens with one attached hydrogen (secondary N) is 2. The molecule has 0 radical (unpaired) electrons. The highest BCUT2D eigenvalue weighted by molar-refractivity contribution is 5.80. The third kappa shape index (κ3) is 3.55. The third-order valence-electron chi connectivity index (χ3n) is 2.39. The van der Waals surface area contributed by atoms with Gasteiger partial charge in [-0.05, 0) is 24.6 Å². The number of hydrogen-bond donors (Lipinski definition) is 2. The van der Waals surface area contributed by atoms with Crippen molar-refractivity contribution in [2.75, 3.05) is 14.2 Å². The smallest absolute Gasteiger partial charge is 0.236 e. The molecule has 0 bridgehead atoms. The zero-order chi connectivity index (χ0) is 12.0. The molecule has 0 spiro atoms. The van der Waals surface area contributed by atoms with Gasteiger partial charge in [-0.3, -0.25) is 4.79 Å². The first-order valence-electron chi connectivity index (χ1n) is 5.25. The maximum atomic E-state index is 11.3. The Morgan fingerprint density at radius 1 is 1.50 bits per heavy atom. The zero-order valence-corrected chi connectivity index (χ0v) is 9.91. The van der Waals surface area contributed by atoms with Gasteiger partial charge in [0, 0.05) is 13.6 Å². The van der Waals surface area contributed by atoms with Crippen molar-refractivity contribution in [1.82, 2.24) is 10.6 Å². The molecule has 0 fully saturated rings. The molecule has 16 heavy (non-hydrogen) atoms. The minimum Gasteiger partial charge on any atom is -0.497 e. The molecule has 0 aliphatic rings. The molecular formula is C12H18N2O2. The molecule has 1 aromatic rings. The molecule has 0 saturated carbocycles. The number of hydrogen-bond acceptors (Lipinski definition) is 3. The van der Waals surface area contributed by atoms with E-state index in [0.717, 1.165) is 11.3 Å². The van der Waals surface area contributed by atoms with E-state index in [-0.39, 0.29) is 11.9 Å². The lowest BCUT2D eigenvalue weighted by Crippen LogP contribution is -2.40. The van der Waals surface area contributed by atoms with Crippen molar-refractivity contribution in [3.8, 4) is 5.75 Å². The second-order valence-electron chi connectivity index (χ2n) is 3.57. The first-order valence-corrected chi connectivity index (χ1v) is 5.25. The van der Waals surface area contributed by atoms with Crippen LogP contribution in [0.2, 0.25) is 0 Å². The molecule has 1 amide bonds. The summed E-state index contributed by atoms with van der Waals surface area (Å²) in [7, 11) is 3.27. The Labute approximate surface area is 96.0 Å². The number of amides is 1. The van der Waals surface area contributed by atoms with E-state index in [0.29, 0.717) is 6.54 Å². The van der Waals surface area contributed by atoms with Crippen LogP contribution in [-0.4, -0.2) is 26.1 Å². The predicted octanol–water partition coefficient (Wildman–Crippen LogP) is 0.919. The number of rotatable bonds is 5. The van der Waals surface area contributed by atoms with Crippen molar-refractivity contribution < 1.29 is 9.53 Å². The predicted molar refractivity (Wildman–Crippen MR) is 63.4 cm³/mol. The first kappa shape index (κ1) is 12.5. The maximum absolute atomic E-state index is 11.3. The Hall–Kier alpha value is -1.55. The minimum atomic E-state index is -0.198. The van der Waals surface area contributed by atoms with Gasteiger partial charge in [0.2, 0.25) is 5.91 Å². The molecule has 0 heterocycles. The van der Waals surface area contributed by atoms with E-state index in [4.69, 9.17) is 4.74 Å². The fourth-order valence-electron chi connectivity index (χ4n) is 1.36. The van der Waals surface area contributed by atoms with Crippen LogP contribution in [0, 0.1) is 0 Å². The average Bonchev–Trinajstić information content (AvgIpc) is 2.35.